The van der Waals surface area contributed by atoms with Gasteiger partial charge in [-0.25, -0.2) is 4.79 Å². The van der Waals surface area contributed by atoms with Crippen LogP contribution in [0.2, 0.25) is 0 Å². The van der Waals surface area contributed by atoms with Crippen LogP contribution in [0.3, 0.4) is 0 Å². The number of nitrogens with zero attached hydrogens (tertiary/aromatic N) is 2. The van der Waals surface area contributed by atoms with E-state index in [1.807, 2.05) is 39.3 Å². The molecule has 8 heteroatoms. The van der Waals surface area contributed by atoms with E-state index < -0.39 is 5.97 Å². The summed E-state index contributed by atoms with van der Waals surface area (Å²) >= 11 is 0. The Balaban J connectivity index is 1.66. The van der Waals surface area contributed by atoms with Crippen molar-refractivity contribution in [2.45, 2.75) is 34.3 Å². The minimum Gasteiger partial charge on any atom is -0.493 e. The fourth-order valence-electron chi connectivity index (χ4n) is 3.20. The van der Waals surface area contributed by atoms with Crippen LogP contribution in [-0.2, 0) is 18.4 Å². The highest BCUT2D eigenvalue weighted by atomic mass is 16.5. The van der Waals surface area contributed by atoms with Crippen molar-refractivity contribution in [3.8, 4) is 11.5 Å². The fourth-order valence-corrected chi connectivity index (χ4v) is 3.20. The van der Waals surface area contributed by atoms with Crippen LogP contribution in [-0.4, -0.2) is 35.2 Å². The lowest BCUT2D eigenvalue weighted by Gasteiger charge is -2.12. The Morgan fingerprint density at radius 1 is 1.10 bits per heavy atom. The summed E-state index contributed by atoms with van der Waals surface area (Å²) in [5.74, 6) is 0.660. The molecule has 0 aliphatic rings. The Morgan fingerprint density at radius 2 is 1.84 bits per heavy atom. The van der Waals surface area contributed by atoms with E-state index in [2.05, 4.69) is 5.16 Å². The van der Waals surface area contributed by atoms with E-state index in [1.165, 1.54) is 13.2 Å². The lowest BCUT2D eigenvalue weighted by atomic mass is 10.1. The molecule has 0 saturated heterocycles. The molecule has 0 atom stereocenters. The number of hydrogen-bond donors (Lipinski definition) is 0. The number of Topliss-reactive ketones (excluding diaryl/α,β-unsaturated/α-hetero) is 1. The molecule has 31 heavy (non-hydrogen) atoms. The lowest BCUT2D eigenvalue weighted by molar-refractivity contribution is 0.0474. The predicted octanol–water partition coefficient (Wildman–Crippen LogP) is 3.87. The van der Waals surface area contributed by atoms with Crippen LogP contribution in [0.5, 0.6) is 11.5 Å². The fraction of sp³-hybridized carbons (Fsp3) is 0.348. The quantitative estimate of drug-likeness (QED) is 0.399. The molecule has 0 amide bonds. The Morgan fingerprint density at radius 3 is 2.42 bits per heavy atom. The second-order valence-electron chi connectivity index (χ2n) is 7.30. The standard InChI is InChI=1S/C23H26N2O6/c1-13-9-18(15(3)25(13)5)20(26)12-30-23(27)17-7-8-21(22(10-17)28-6)29-11-19-14(2)24-31-16(19)4/h7-10H,11-12H2,1-6H3. The van der Waals surface area contributed by atoms with Crippen molar-refractivity contribution in [3.63, 3.8) is 0 Å². The number of benzene rings is 1. The Kier molecular flexibility index (Phi) is 6.48. The number of methoxy groups -OCH3 is 1. The zero-order valence-corrected chi connectivity index (χ0v) is 18.6. The summed E-state index contributed by atoms with van der Waals surface area (Å²) in [6, 6.07) is 6.50. The van der Waals surface area contributed by atoms with E-state index in [0.29, 0.717) is 22.8 Å². The molecule has 0 radical (unpaired) electrons. The maximum absolute atomic E-state index is 12.5. The number of carbonyl (C=O) groups is 2. The Labute approximate surface area is 180 Å². The molecule has 2 aromatic heterocycles. The third kappa shape index (κ3) is 4.63. The van der Waals surface area contributed by atoms with Crippen molar-refractivity contribution >= 4 is 11.8 Å². The van der Waals surface area contributed by atoms with Gasteiger partial charge in [0, 0.05) is 24.0 Å². The monoisotopic (exact) mass is 426 g/mol. The highest BCUT2D eigenvalue weighted by Crippen LogP contribution is 2.30. The van der Waals surface area contributed by atoms with Crippen LogP contribution >= 0.6 is 0 Å². The summed E-state index contributed by atoms with van der Waals surface area (Å²) in [7, 11) is 3.37. The number of ketones is 1. The highest BCUT2D eigenvalue weighted by Gasteiger charge is 2.18. The first-order chi connectivity index (χ1) is 14.7. The van der Waals surface area contributed by atoms with Crippen LogP contribution in [0, 0.1) is 27.7 Å². The molecule has 8 nitrogen and oxygen atoms in total. The SMILES string of the molecule is COc1cc(C(=O)OCC(=O)c2cc(C)n(C)c2C)ccc1OCc1c(C)noc1C. The van der Waals surface area contributed by atoms with E-state index in [9.17, 15) is 9.59 Å². The molecule has 164 valence electrons. The summed E-state index contributed by atoms with van der Waals surface area (Å²) in [5, 5.41) is 3.90. The van der Waals surface area contributed by atoms with Gasteiger partial charge < -0.3 is 23.3 Å². The molecular formula is C23H26N2O6. The number of carbonyl (C=O) groups excluding carboxylic acids is 2. The second kappa shape index (κ2) is 9.07. The van der Waals surface area contributed by atoms with Crippen molar-refractivity contribution in [1.29, 1.82) is 0 Å². The van der Waals surface area contributed by atoms with Crippen molar-refractivity contribution in [2.75, 3.05) is 13.7 Å². The van der Waals surface area contributed by atoms with Crippen molar-refractivity contribution in [3.05, 3.63) is 63.8 Å². The molecule has 0 fully saturated rings. The Bertz CT molecular complexity index is 1110. The highest BCUT2D eigenvalue weighted by molar-refractivity contribution is 6.00. The smallest absolute Gasteiger partial charge is 0.338 e. The van der Waals surface area contributed by atoms with Gasteiger partial charge in [-0.05, 0) is 52.0 Å². The first-order valence-corrected chi connectivity index (χ1v) is 9.78. The van der Waals surface area contributed by atoms with E-state index >= 15 is 0 Å². The van der Waals surface area contributed by atoms with Crippen LogP contribution in [0.25, 0.3) is 0 Å². The average Bonchev–Trinajstić information content (AvgIpc) is 3.22. The summed E-state index contributed by atoms with van der Waals surface area (Å²) in [5.41, 5.74) is 4.22. The van der Waals surface area contributed by atoms with E-state index in [0.717, 1.165) is 22.6 Å². The molecule has 0 N–H and O–H groups in total. The van der Waals surface area contributed by atoms with Crippen molar-refractivity contribution in [1.82, 2.24) is 9.72 Å². The average molecular weight is 426 g/mol. The summed E-state index contributed by atoms with van der Waals surface area (Å²) in [6.45, 7) is 7.34. The van der Waals surface area contributed by atoms with Gasteiger partial charge in [0.2, 0.25) is 5.78 Å². The molecule has 0 bridgehead atoms. The van der Waals surface area contributed by atoms with E-state index in [4.69, 9.17) is 18.7 Å². The van der Waals surface area contributed by atoms with Gasteiger partial charge in [-0.2, -0.15) is 0 Å². The van der Waals surface area contributed by atoms with Gasteiger partial charge in [0.1, 0.15) is 12.4 Å². The third-order valence-corrected chi connectivity index (χ3v) is 5.36. The van der Waals surface area contributed by atoms with Gasteiger partial charge in [-0.1, -0.05) is 5.16 Å². The van der Waals surface area contributed by atoms with Gasteiger partial charge in [-0.15, -0.1) is 0 Å². The molecule has 3 rings (SSSR count). The molecule has 0 saturated carbocycles. The summed E-state index contributed by atoms with van der Waals surface area (Å²) in [4.78, 5) is 24.9. The summed E-state index contributed by atoms with van der Waals surface area (Å²) in [6.07, 6.45) is 0. The normalized spacial score (nSPS) is 10.8. The van der Waals surface area contributed by atoms with Crippen LogP contribution in [0.1, 0.15) is 49.1 Å². The number of rotatable bonds is 8. The third-order valence-electron chi connectivity index (χ3n) is 5.36. The molecule has 0 unspecified atom stereocenters. The van der Waals surface area contributed by atoms with Crippen LogP contribution in [0.15, 0.2) is 28.8 Å². The first kappa shape index (κ1) is 22.1. The van der Waals surface area contributed by atoms with E-state index in [-0.39, 0.29) is 24.6 Å². The number of hydrogen-bond acceptors (Lipinski definition) is 7. The van der Waals surface area contributed by atoms with Crippen molar-refractivity contribution < 1.29 is 28.3 Å². The summed E-state index contributed by atoms with van der Waals surface area (Å²) < 4.78 is 23.4. The van der Waals surface area contributed by atoms with Crippen LogP contribution < -0.4 is 9.47 Å². The van der Waals surface area contributed by atoms with Crippen LogP contribution in [0.4, 0.5) is 0 Å². The largest absolute Gasteiger partial charge is 0.493 e. The first-order valence-electron chi connectivity index (χ1n) is 9.78. The van der Waals surface area contributed by atoms with Gasteiger partial charge in [0.15, 0.2) is 18.1 Å². The molecule has 2 heterocycles. The molecule has 1 aromatic carbocycles. The van der Waals surface area contributed by atoms with Gasteiger partial charge >= 0.3 is 5.97 Å². The second-order valence-corrected chi connectivity index (χ2v) is 7.30. The number of aromatic nitrogens is 2. The van der Waals surface area contributed by atoms with Gasteiger partial charge in [0.05, 0.1) is 23.9 Å². The molecule has 0 aliphatic carbocycles. The zero-order chi connectivity index (χ0) is 22.7. The lowest BCUT2D eigenvalue weighted by Crippen LogP contribution is -2.15. The molecule has 0 aliphatic heterocycles. The number of esters is 1. The van der Waals surface area contributed by atoms with Gasteiger partial charge in [-0.3, -0.25) is 4.79 Å². The maximum atomic E-state index is 12.5. The molecular weight excluding hydrogens is 400 g/mol. The maximum Gasteiger partial charge on any atom is 0.338 e. The zero-order valence-electron chi connectivity index (χ0n) is 18.6. The Hall–Kier alpha value is -3.55. The topological polar surface area (TPSA) is 92.8 Å². The van der Waals surface area contributed by atoms with Gasteiger partial charge in [0.25, 0.3) is 0 Å². The number of ether oxygens (including phenoxy) is 3. The molecule has 0 spiro atoms. The molecule has 3 aromatic rings. The van der Waals surface area contributed by atoms with E-state index in [1.54, 1.807) is 18.2 Å². The minimum absolute atomic E-state index is 0.249. The minimum atomic E-state index is -0.616. The predicted molar refractivity (Wildman–Crippen MR) is 113 cm³/mol. The van der Waals surface area contributed by atoms with Crippen molar-refractivity contribution in [2.24, 2.45) is 7.05 Å². The number of aryl methyl sites for hydroxylation is 3.